The van der Waals surface area contributed by atoms with Crippen LogP contribution in [0.15, 0.2) is 42.5 Å². The molecule has 2 aromatic rings. The maximum Gasteiger partial charge on any atom is 0.224 e. The summed E-state index contributed by atoms with van der Waals surface area (Å²) < 4.78 is 16.1. The van der Waals surface area contributed by atoms with Crippen molar-refractivity contribution in [1.29, 1.82) is 0 Å². The van der Waals surface area contributed by atoms with E-state index in [0.29, 0.717) is 0 Å². The van der Waals surface area contributed by atoms with E-state index in [0.717, 1.165) is 61.0 Å². The second-order valence-electron chi connectivity index (χ2n) is 7.32. The van der Waals surface area contributed by atoms with Gasteiger partial charge in [0, 0.05) is 50.4 Å². The van der Waals surface area contributed by atoms with Crippen LogP contribution in [-0.4, -0.2) is 51.3 Å². The summed E-state index contributed by atoms with van der Waals surface area (Å²) in [6.45, 7) is 4.32. The SMILES string of the molecule is COc1cc(CN2CCC(N(C(C)=O)c3cccc(OC)c3)CC2)cc(OC)c1. The van der Waals surface area contributed by atoms with Gasteiger partial charge in [0.2, 0.25) is 5.91 Å². The number of anilines is 1. The minimum atomic E-state index is 0.0641. The Morgan fingerprint density at radius 3 is 2.14 bits per heavy atom. The van der Waals surface area contributed by atoms with Crippen LogP contribution in [0.4, 0.5) is 5.69 Å². The Labute approximate surface area is 173 Å². The molecule has 6 heteroatoms. The molecule has 3 rings (SSSR count). The van der Waals surface area contributed by atoms with Gasteiger partial charge in [-0.05, 0) is 42.7 Å². The first-order valence-electron chi connectivity index (χ1n) is 9.92. The molecule has 0 N–H and O–H groups in total. The van der Waals surface area contributed by atoms with Gasteiger partial charge in [-0.1, -0.05) is 6.07 Å². The zero-order chi connectivity index (χ0) is 20.8. The van der Waals surface area contributed by atoms with Crippen molar-refractivity contribution in [2.24, 2.45) is 0 Å². The largest absolute Gasteiger partial charge is 0.497 e. The molecule has 0 bridgehead atoms. The number of rotatable bonds is 7. The van der Waals surface area contributed by atoms with Gasteiger partial charge in [-0.3, -0.25) is 9.69 Å². The van der Waals surface area contributed by atoms with Gasteiger partial charge < -0.3 is 19.1 Å². The summed E-state index contributed by atoms with van der Waals surface area (Å²) in [6.07, 6.45) is 1.86. The highest BCUT2D eigenvalue weighted by molar-refractivity contribution is 5.92. The number of likely N-dealkylation sites (tertiary alicyclic amines) is 1. The van der Waals surface area contributed by atoms with Crippen LogP contribution < -0.4 is 19.1 Å². The number of carbonyl (C=O) groups excluding carboxylic acids is 1. The third-order valence-corrected chi connectivity index (χ3v) is 5.41. The summed E-state index contributed by atoms with van der Waals surface area (Å²) in [6, 6.07) is 13.9. The van der Waals surface area contributed by atoms with Gasteiger partial charge in [0.1, 0.15) is 17.2 Å². The van der Waals surface area contributed by atoms with Gasteiger partial charge in [-0.2, -0.15) is 0 Å². The monoisotopic (exact) mass is 398 g/mol. The molecule has 0 radical (unpaired) electrons. The fourth-order valence-corrected chi connectivity index (χ4v) is 3.96. The molecule has 1 amide bonds. The zero-order valence-electron chi connectivity index (χ0n) is 17.7. The summed E-state index contributed by atoms with van der Waals surface area (Å²) in [7, 11) is 4.97. The summed E-state index contributed by atoms with van der Waals surface area (Å²) in [5, 5.41) is 0. The number of hydrogen-bond acceptors (Lipinski definition) is 5. The smallest absolute Gasteiger partial charge is 0.224 e. The lowest BCUT2D eigenvalue weighted by molar-refractivity contribution is -0.117. The van der Waals surface area contributed by atoms with Crippen molar-refractivity contribution in [3.8, 4) is 17.2 Å². The van der Waals surface area contributed by atoms with E-state index < -0.39 is 0 Å². The van der Waals surface area contributed by atoms with Gasteiger partial charge in [-0.25, -0.2) is 0 Å². The lowest BCUT2D eigenvalue weighted by atomic mass is 10.0. The van der Waals surface area contributed by atoms with Crippen LogP contribution in [0.3, 0.4) is 0 Å². The predicted molar refractivity (Wildman–Crippen MR) is 114 cm³/mol. The number of amides is 1. The number of benzene rings is 2. The number of ether oxygens (including phenoxy) is 3. The quantitative estimate of drug-likeness (QED) is 0.711. The number of methoxy groups -OCH3 is 3. The number of carbonyl (C=O) groups is 1. The van der Waals surface area contributed by atoms with Gasteiger partial charge in [0.15, 0.2) is 0 Å². The standard InChI is InChI=1S/C23H30N2O4/c1-17(26)25(20-6-5-7-21(14-20)27-2)19-8-10-24(11-9-19)16-18-12-22(28-3)15-23(13-18)29-4/h5-7,12-15,19H,8-11,16H2,1-4H3. The van der Waals surface area contributed by atoms with E-state index in [1.54, 1.807) is 28.3 Å². The number of nitrogens with zero attached hydrogens (tertiary/aromatic N) is 2. The second kappa shape index (κ2) is 9.65. The first kappa shape index (κ1) is 21.0. The molecule has 1 aliphatic rings. The average Bonchev–Trinajstić information content (AvgIpc) is 2.74. The van der Waals surface area contributed by atoms with Crippen molar-refractivity contribution in [1.82, 2.24) is 4.90 Å². The Kier molecular flexibility index (Phi) is 6.99. The molecular weight excluding hydrogens is 368 g/mol. The van der Waals surface area contributed by atoms with Crippen molar-refractivity contribution in [3.05, 3.63) is 48.0 Å². The Morgan fingerprint density at radius 2 is 1.59 bits per heavy atom. The van der Waals surface area contributed by atoms with E-state index in [2.05, 4.69) is 4.90 Å². The Morgan fingerprint density at radius 1 is 0.966 bits per heavy atom. The van der Waals surface area contributed by atoms with Gasteiger partial charge in [-0.15, -0.1) is 0 Å². The summed E-state index contributed by atoms with van der Waals surface area (Å²) >= 11 is 0. The number of piperidine rings is 1. The van der Waals surface area contributed by atoms with Gasteiger partial charge in [0.05, 0.1) is 21.3 Å². The van der Waals surface area contributed by atoms with Crippen LogP contribution in [0.1, 0.15) is 25.3 Å². The maximum atomic E-state index is 12.4. The summed E-state index contributed by atoms with van der Waals surface area (Å²) in [5.74, 6) is 2.43. The molecule has 0 aromatic heterocycles. The van der Waals surface area contributed by atoms with Crippen LogP contribution in [0.5, 0.6) is 17.2 Å². The first-order chi connectivity index (χ1) is 14.0. The highest BCUT2D eigenvalue weighted by Crippen LogP contribution is 2.28. The molecule has 0 unspecified atom stereocenters. The fraction of sp³-hybridized carbons (Fsp3) is 0.435. The van der Waals surface area contributed by atoms with Crippen LogP contribution in [0, 0.1) is 0 Å². The molecule has 1 aliphatic heterocycles. The van der Waals surface area contributed by atoms with Crippen LogP contribution in [-0.2, 0) is 11.3 Å². The Balaban J connectivity index is 1.66. The average molecular weight is 399 g/mol. The normalized spacial score (nSPS) is 15.0. The van der Waals surface area contributed by atoms with E-state index in [4.69, 9.17) is 14.2 Å². The van der Waals surface area contributed by atoms with Crippen LogP contribution in [0.25, 0.3) is 0 Å². The Hall–Kier alpha value is -2.73. The summed E-state index contributed by atoms with van der Waals surface area (Å²) in [5.41, 5.74) is 2.06. The van der Waals surface area contributed by atoms with Crippen molar-refractivity contribution >= 4 is 11.6 Å². The van der Waals surface area contributed by atoms with Crippen molar-refractivity contribution in [3.63, 3.8) is 0 Å². The molecule has 1 saturated heterocycles. The zero-order valence-corrected chi connectivity index (χ0v) is 17.7. The molecule has 1 fully saturated rings. The highest BCUT2D eigenvalue weighted by Gasteiger charge is 2.27. The molecule has 0 saturated carbocycles. The van der Waals surface area contributed by atoms with E-state index >= 15 is 0 Å². The second-order valence-corrected chi connectivity index (χ2v) is 7.32. The highest BCUT2D eigenvalue weighted by atomic mass is 16.5. The molecule has 29 heavy (non-hydrogen) atoms. The van der Waals surface area contributed by atoms with Crippen molar-refractivity contribution in [2.75, 3.05) is 39.3 Å². The molecule has 0 atom stereocenters. The van der Waals surface area contributed by atoms with E-state index in [1.807, 2.05) is 47.4 Å². The van der Waals surface area contributed by atoms with Crippen LogP contribution in [0.2, 0.25) is 0 Å². The van der Waals surface area contributed by atoms with Crippen molar-refractivity contribution in [2.45, 2.75) is 32.4 Å². The van der Waals surface area contributed by atoms with E-state index in [-0.39, 0.29) is 11.9 Å². The Bertz CT molecular complexity index is 809. The lowest BCUT2D eigenvalue weighted by Crippen LogP contribution is -2.46. The molecule has 0 aliphatic carbocycles. The molecular formula is C23H30N2O4. The topological polar surface area (TPSA) is 51.2 Å². The minimum Gasteiger partial charge on any atom is -0.497 e. The number of hydrogen-bond donors (Lipinski definition) is 0. The molecule has 2 aromatic carbocycles. The third kappa shape index (κ3) is 5.21. The van der Waals surface area contributed by atoms with E-state index in [1.165, 1.54) is 0 Å². The molecule has 0 spiro atoms. The molecule has 6 nitrogen and oxygen atoms in total. The first-order valence-corrected chi connectivity index (χ1v) is 9.92. The van der Waals surface area contributed by atoms with Crippen molar-refractivity contribution < 1.29 is 19.0 Å². The third-order valence-electron chi connectivity index (χ3n) is 5.41. The van der Waals surface area contributed by atoms with Gasteiger partial charge >= 0.3 is 0 Å². The molecule has 156 valence electrons. The minimum absolute atomic E-state index is 0.0641. The summed E-state index contributed by atoms with van der Waals surface area (Å²) in [4.78, 5) is 16.7. The molecule has 1 heterocycles. The van der Waals surface area contributed by atoms with Gasteiger partial charge in [0.25, 0.3) is 0 Å². The lowest BCUT2D eigenvalue weighted by Gasteiger charge is -2.38. The predicted octanol–water partition coefficient (Wildman–Crippen LogP) is 3.73. The van der Waals surface area contributed by atoms with Crippen LogP contribution >= 0.6 is 0 Å². The fourth-order valence-electron chi connectivity index (χ4n) is 3.96. The van der Waals surface area contributed by atoms with E-state index in [9.17, 15) is 4.79 Å². The maximum absolute atomic E-state index is 12.4.